The van der Waals surface area contributed by atoms with Crippen LogP contribution in [0.2, 0.25) is 0 Å². The Morgan fingerprint density at radius 3 is 2.80 bits per heavy atom. The van der Waals surface area contributed by atoms with Crippen LogP contribution in [0.15, 0.2) is 78.0 Å². The minimum Gasteiger partial charge on any atom is -0.472 e. The molecule has 1 N–H and O–H groups in total. The number of nitro benzene ring substituents is 1. The van der Waals surface area contributed by atoms with Gasteiger partial charge in [-0.25, -0.2) is 9.78 Å². The van der Waals surface area contributed by atoms with Gasteiger partial charge in [-0.15, -0.1) is 0 Å². The van der Waals surface area contributed by atoms with Gasteiger partial charge >= 0.3 is 5.97 Å². The molecule has 0 fully saturated rings. The van der Waals surface area contributed by atoms with E-state index in [1.165, 1.54) is 32.0 Å². The normalized spacial score (nSPS) is 10.6. The van der Waals surface area contributed by atoms with Crippen LogP contribution >= 0.6 is 0 Å². The quantitative estimate of drug-likeness (QED) is 0.284. The van der Waals surface area contributed by atoms with Gasteiger partial charge in [-0.1, -0.05) is 12.1 Å². The minimum atomic E-state index is -0.531. The van der Waals surface area contributed by atoms with Crippen LogP contribution in [-0.4, -0.2) is 27.6 Å². The third-order valence-corrected chi connectivity index (χ3v) is 4.45. The zero-order valence-corrected chi connectivity index (χ0v) is 15.8. The molecule has 9 nitrogen and oxygen atoms in total. The molecule has 2 aromatic heterocycles. The van der Waals surface area contributed by atoms with E-state index in [4.69, 9.17) is 4.42 Å². The van der Waals surface area contributed by atoms with Crippen molar-refractivity contribution in [2.45, 2.75) is 0 Å². The van der Waals surface area contributed by atoms with Crippen molar-refractivity contribution >= 4 is 23.0 Å². The number of furan rings is 1. The number of anilines is 2. The topological polar surface area (TPSA) is 112 Å². The molecule has 9 heteroatoms. The third-order valence-electron chi connectivity index (χ3n) is 4.45. The zero-order valence-electron chi connectivity index (χ0n) is 15.8. The maximum Gasteiger partial charge on any atom is 0.358 e. The van der Waals surface area contributed by atoms with Crippen molar-refractivity contribution in [3.63, 3.8) is 0 Å². The number of rotatable bonds is 6. The number of nitrogens with one attached hydrogen (secondary N) is 1. The summed E-state index contributed by atoms with van der Waals surface area (Å²) >= 11 is 0. The summed E-state index contributed by atoms with van der Waals surface area (Å²) in [7, 11) is 1.29. The molecule has 0 bridgehead atoms. The number of carbonyl (C=O) groups is 1. The molecule has 0 amide bonds. The molecule has 0 saturated heterocycles. The lowest BCUT2D eigenvalue weighted by molar-refractivity contribution is -0.383. The largest absolute Gasteiger partial charge is 0.472 e. The van der Waals surface area contributed by atoms with Crippen LogP contribution in [0.25, 0.3) is 16.8 Å². The van der Waals surface area contributed by atoms with Crippen molar-refractivity contribution in [3.8, 4) is 16.8 Å². The third kappa shape index (κ3) is 3.76. The van der Waals surface area contributed by atoms with Gasteiger partial charge in [0.15, 0.2) is 5.69 Å². The van der Waals surface area contributed by atoms with E-state index in [-0.39, 0.29) is 11.4 Å². The van der Waals surface area contributed by atoms with Crippen molar-refractivity contribution in [1.29, 1.82) is 0 Å². The molecule has 30 heavy (non-hydrogen) atoms. The van der Waals surface area contributed by atoms with Gasteiger partial charge in [0, 0.05) is 29.2 Å². The van der Waals surface area contributed by atoms with Crippen molar-refractivity contribution in [3.05, 3.63) is 89.4 Å². The maximum atomic E-state index is 11.6. The fourth-order valence-corrected chi connectivity index (χ4v) is 2.97. The number of imidazole rings is 1. The van der Waals surface area contributed by atoms with Crippen molar-refractivity contribution < 1.29 is 18.9 Å². The highest BCUT2D eigenvalue weighted by molar-refractivity contribution is 5.87. The fourth-order valence-electron chi connectivity index (χ4n) is 2.97. The second-order valence-corrected chi connectivity index (χ2v) is 6.33. The number of hydrogen-bond acceptors (Lipinski definition) is 7. The number of aromatic nitrogens is 2. The van der Waals surface area contributed by atoms with Gasteiger partial charge in [-0.2, -0.15) is 0 Å². The van der Waals surface area contributed by atoms with E-state index in [0.717, 1.165) is 11.3 Å². The average Bonchev–Trinajstić information content (AvgIpc) is 3.46. The van der Waals surface area contributed by atoms with E-state index in [1.807, 2.05) is 6.07 Å². The number of hydrogen-bond donors (Lipinski definition) is 1. The maximum absolute atomic E-state index is 11.6. The highest BCUT2D eigenvalue weighted by atomic mass is 16.6. The number of carbonyl (C=O) groups excluding carboxylic acids is 1. The Bertz CT molecular complexity index is 1210. The number of nitro groups is 1. The Balaban J connectivity index is 1.63. The van der Waals surface area contributed by atoms with Gasteiger partial charge in [-0.3, -0.25) is 10.1 Å². The van der Waals surface area contributed by atoms with Gasteiger partial charge in [-0.05, 0) is 35.9 Å². The molecule has 4 aromatic rings. The Morgan fingerprint density at radius 2 is 2.07 bits per heavy atom. The molecule has 0 aliphatic rings. The predicted molar refractivity (Wildman–Crippen MR) is 109 cm³/mol. The fraction of sp³-hybridized carbons (Fsp3) is 0.0476. The van der Waals surface area contributed by atoms with E-state index < -0.39 is 10.9 Å². The van der Waals surface area contributed by atoms with Crippen molar-refractivity contribution in [1.82, 2.24) is 9.55 Å². The molecule has 2 heterocycles. The van der Waals surface area contributed by atoms with Crippen LogP contribution < -0.4 is 5.32 Å². The molecule has 4 rings (SSSR count). The van der Waals surface area contributed by atoms with Crippen LogP contribution in [0, 0.1) is 10.1 Å². The number of nitrogens with zero attached hydrogens (tertiary/aromatic N) is 3. The summed E-state index contributed by atoms with van der Waals surface area (Å²) in [5, 5.41) is 14.7. The summed E-state index contributed by atoms with van der Waals surface area (Å²) in [6.07, 6.45) is 6.09. The average molecular weight is 404 g/mol. The second-order valence-electron chi connectivity index (χ2n) is 6.33. The standard InChI is InChI=1S/C21H16N4O5/c1-29-21(26)19-11-24(13-22-19)17-4-2-3-16(10-17)23-18-6-5-14(9-20(18)25(27)28)15-7-8-30-12-15/h2-13,23H,1H3. The van der Waals surface area contributed by atoms with Crippen LogP contribution in [0.4, 0.5) is 17.1 Å². The number of benzene rings is 2. The number of methoxy groups -OCH3 is 1. The first-order chi connectivity index (χ1) is 14.5. The Kier molecular flexibility index (Phi) is 5.00. The van der Waals surface area contributed by atoms with Crippen molar-refractivity contribution in [2.75, 3.05) is 12.4 Å². The van der Waals surface area contributed by atoms with Crippen LogP contribution in [0.5, 0.6) is 0 Å². The molecule has 0 atom stereocenters. The molecular formula is C21H16N4O5. The van der Waals surface area contributed by atoms with Gasteiger partial charge in [0.05, 0.1) is 24.6 Å². The van der Waals surface area contributed by atoms with Crippen LogP contribution in [0.3, 0.4) is 0 Å². The highest BCUT2D eigenvalue weighted by Crippen LogP contribution is 2.33. The first kappa shape index (κ1) is 18.9. The highest BCUT2D eigenvalue weighted by Gasteiger charge is 2.16. The minimum absolute atomic E-state index is 0.0605. The lowest BCUT2D eigenvalue weighted by atomic mass is 10.1. The molecule has 0 spiro atoms. The molecule has 0 aliphatic carbocycles. The summed E-state index contributed by atoms with van der Waals surface area (Å²) in [6, 6.07) is 13.9. The smallest absolute Gasteiger partial charge is 0.358 e. The van der Waals surface area contributed by atoms with E-state index >= 15 is 0 Å². The Hall–Kier alpha value is -4.40. The van der Waals surface area contributed by atoms with Gasteiger partial charge in [0.2, 0.25) is 0 Å². The van der Waals surface area contributed by atoms with E-state index in [2.05, 4.69) is 15.0 Å². The summed E-state index contributed by atoms with van der Waals surface area (Å²) in [4.78, 5) is 26.8. The van der Waals surface area contributed by atoms with E-state index in [1.54, 1.807) is 47.2 Å². The lowest BCUT2D eigenvalue weighted by Crippen LogP contribution is -2.01. The van der Waals surface area contributed by atoms with E-state index in [9.17, 15) is 14.9 Å². The molecule has 2 aromatic carbocycles. The molecule has 150 valence electrons. The number of ether oxygens (including phenoxy) is 1. The molecule has 0 saturated carbocycles. The summed E-state index contributed by atoms with van der Waals surface area (Å²) in [5.74, 6) is -0.531. The first-order valence-electron chi connectivity index (χ1n) is 8.86. The van der Waals surface area contributed by atoms with Crippen LogP contribution in [-0.2, 0) is 4.74 Å². The molecule has 0 radical (unpaired) electrons. The molecular weight excluding hydrogens is 388 g/mol. The zero-order chi connectivity index (χ0) is 21.1. The monoisotopic (exact) mass is 404 g/mol. The van der Waals surface area contributed by atoms with Gasteiger partial charge < -0.3 is 19.0 Å². The SMILES string of the molecule is COC(=O)c1cn(-c2cccc(Nc3ccc(-c4ccoc4)cc3[N+](=O)[O-])c2)cn1. The Morgan fingerprint density at radius 1 is 1.20 bits per heavy atom. The van der Waals surface area contributed by atoms with Gasteiger partial charge in [0.1, 0.15) is 12.0 Å². The molecule has 0 aliphatic heterocycles. The Labute approximate surface area is 170 Å². The summed E-state index contributed by atoms with van der Waals surface area (Å²) in [6.45, 7) is 0. The number of esters is 1. The van der Waals surface area contributed by atoms with Gasteiger partial charge in [0.25, 0.3) is 5.69 Å². The predicted octanol–water partition coefficient (Wildman–Crippen LogP) is 4.57. The summed E-state index contributed by atoms with van der Waals surface area (Å²) in [5.41, 5.74) is 3.28. The van der Waals surface area contributed by atoms with Crippen LogP contribution in [0.1, 0.15) is 10.5 Å². The first-order valence-corrected chi connectivity index (χ1v) is 8.86. The second kappa shape index (κ2) is 7.92. The van der Waals surface area contributed by atoms with Crippen molar-refractivity contribution in [2.24, 2.45) is 0 Å². The summed E-state index contributed by atoms with van der Waals surface area (Å²) < 4.78 is 11.4. The van der Waals surface area contributed by atoms with E-state index in [0.29, 0.717) is 16.9 Å². The lowest BCUT2D eigenvalue weighted by Gasteiger charge is -2.10. The molecule has 0 unspecified atom stereocenters.